The van der Waals surface area contributed by atoms with Crippen LogP contribution in [0.3, 0.4) is 0 Å². The maximum atomic E-state index is 14.8. The number of anilines is 1. The van der Waals surface area contributed by atoms with E-state index >= 15 is 0 Å². The largest absolute Gasteiger partial charge is 0.394 e. The van der Waals surface area contributed by atoms with Gasteiger partial charge in [-0.1, -0.05) is 25.0 Å². The van der Waals surface area contributed by atoms with Crippen LogP contribution in [0.2, 0.25) is 0 Å². The number of halogens is 1. The number of benzene rings is 2. The van der Waals surface area contributed by atoms with Crippen LogP contribution in [-0.4, -0.2) is 46.4 Å². The van der Waals surface area contributed by atoms with Crippen LogP contribution in [0.1, 0.15) is 53.2 Å². The van der Waals surface area contributed by atoms with Crippen molar-refractivity contribution in [2.45, 2.75) is 44.2 Å². The van der Waals surface area contributed by atoms with Gasteiger partial charge in [0.1, 0.15) is 5.82 Å². The van der Waals surface area contributed by atoms with Gasteiger partial charge >= 0.3 is 6.03 Å². The van der Waals surface area contributed by atoms with E-state index in [-0.39, 0.29) is 18.6 Å². The van der Waals surface area contributed by atoms with Crippen LogP contribution in [0, 0.1) is 5.82 Å². The van der Waals surface area contributed by atoms with Gasteiger partial charge in [0.25, 0.3) is 5.91 Å². The van der Waals surface area contributed by atoms with E-state index in [2.05, 4.69) is 20.8 Å². The average molecular weight is 478 g/mol. The number of aliphatic hydroxyl groups is 1. The van der Waals surface area contributed by atoms with Crippen LogP contribution >= 0.6 is 0 Å². The number of amides is 3. The van der Waals surface area contributed by atoms with E-state index in [0.29, 0.717) is 40.9 Å². The van der Waals surface area contributed by atoms with Crippen LogP contribution in [0.15, 0.2) is 48.8 Å². The lowest BCUT2D eigenvalue weighted by atomic mass is 10.0. The van der Waals surface area contributed by atoms with Crippen LogP contribution in [0.25, 0.3) is 11.1 Å². The third kappa shape index (κ3) is 4.77. The molecule has 2 heterocycles. The van der Waals surface area contributed by atoms with E-state index in [1.165, 1.54) is 11.0 Å². The smallest absolute Gasteiger partial charge is 0.322 e. The van der Waals surface area contributed by atoms with E-state index < -0.39 is 17.9 Å². The van der Waals surface area contributed by atoms with Crippen molar-refractivity contribution < 1.29 is 19.1 Å². The van der Waals surface area contributed by atoms with E-state index in [9.17, 15) is 19.1 Å². The average Bonchev–Trinajstić information content (AvgIpc) is 3.64. The number of nitrogens with one attached hydrogen (secondary N) is 3. The molecule has 1 atom stereocenters. The molecule has 182 valence electrons. The molecule has 2 aromatic carbocycles. The molecule has 0 spiro atoms. The Kier molecular flexibility index (Phi) is 6.50. The molecule has 1 aromatic heterocycles. The summed E-state index contributed by atoms with van der Waals surface area (Å²) < 4.78 is 14.8. The molecule has 3 aromatic rings. The molecule has 1 fully saturated rings. The summed E-state index contributed by atoms with van der Waals surface area (Å²) in [7, 11) is 0. The SMILES string of the molecule is O=C(NC1CCCC1)c1cccc(C(CO)NC(=O)N2CCc3cc(-c4cn[nH]c4)c(F)cc32)c1. The predicted octanol–water partition coefficient (Wildman–Crippen LogP) is 3.69. The molecule has 0 bridgehead atoms. The topological polar surface area (TPSA) is 110 Å². The molecule has 4 N–H and O–H groups in total. The van der Waals surface area contributed by atoms with Crippen LogP contribution < -0.4 is 15.5 Å². The third-order valence-corrected chi connectivity index (χ3v) is 6.84. The van der Waals surface area contributed by atoms with E-state index in [4.69, 9.17) is 0 Å². The number of H-pyrrole nitrogens is 1. The predicted molar refractivity (Wildman–Crippen MR) is 130 cm³/mol. The van der Waals surface area contributed by atoms with E-state index in [0.717, 1.165) is 31.2 Å². The summed E-state index contributed by atoms with van der Waals surface area (Å²) in [5, 5.41) is 22.5. The summed E-state index contributed by atoms with van der Waals surface area (Å²) in [5.41, 5.74) is 3.56. The number of aromatic nitrogens is 2. The van der Waals surface area contributed by atoms with Gasteiger partial charge in [-0.15, -0.1) is 0 Å². The Morgan fingerprint density at radius 1 is 1.23 bits per heavy atom. The summed E-state index contributed by atoms with van der Waals surface area (Å²) in [4.78, 5) is 27.3. The first-order valence-corrected chi connectivity index (χ1v) is 11.9. The third-order valence-electron chi connectivity index (χ3n) is 6.84. The number of hydrogen-bond acceptors (Lipinski definition) is 4. The zero-order valence-electron chi connectivity index (χ0n) is 19.3. The highest BCUT2D eigenvalue weighted by atomic mass is 19.1. The first-order chi connectivity index (χ1) is 17.0. The minimum Gasteiger partial charge on any atom is -0.394 e. The zero-order chi connectivity index (χ0) is 24.4. The second-order valence-electron chi connectivity index (χ2n) is 9.11. The molecule has 3 amide bonds. The Hall–Kier alpha value is -3.72. The first-order valence-electron chi connectivity index (χ1n) is 11.9. The normalized spacial score (nSPS) is 16.2. The second-order valence-corrected chi connectivity index (χ2v) is 9.11. The molecule has 1 unspecified atom stereocenters. The molecule has 1 aliphatic carbocycles. The minimum atomic E-state index is -0.708. The molecule has 5 rings (SSSR count). The lowest BCUT2D eigenvalue weighted by Gasteiger charge is -2.23. The Balaban J connectivity index is 1.30. The number of aliphatic hydroxyl groups excluding tert-OH is 1. The lowest BCUT2D eigenvalue weighted by Crippen LogP contribution is -2.42. The molecule has 35 heavy (non-hydrogen) atoms. The Morgan fingerprint density at radius 3 is 2.80 bits per heavy atom. The number of urea groups is 1. The number of hydrogen-bond donors (Lipinski definition) is 4. The van der Waals surface area contributed by atoms with Crippen molar-refractivity contribution in [2.24, 2.45) is 0 Å². The number of nitrogens with zero attached hydrogens (tertiary/aromatic N) is 2. The van der Waals surface area contributed by atoms with Crippen LogP contribution in [0.4, 0.5) is 14.9 Å². The van der Waals surface area contributed by atoms with Gasteiger partial charge in [0, 0.05) is 35.5 Å². The first kappa shape index (κ1) is 23.0. The quantitative estimate of drug-likeness (QED) is 0.434. The van der Waals surface area contributed by atoms with Gasteiger partial charge in [-0.3, -0.25) is 14.8 Å². The van der Waals surface area contributed by atoms with Gasteiger partial charge in [-0.2, -0.15) is 5.10 Å². The monoisotopic (exact) mass is 477 g/mol. The Labute approximate surface area is 202 Å². The lowest BCUT2D eigenvalue weighted by molar-refractivity contribution is 0.0937. The summed E-state index contributed by atoms with van der Waals surface area (Å²) in [6.07, 6.45) is 7.99. The highest BCUT2D eigenvalue weighted by molar-refractivity contribution is 5.96. The van der Waals surface area contributed by atoms with Gasteiger partial charge in [0.05, 0.1) is 24.5 Å². The fraction of sp³-hybridized carbons (Fsp3) is 0.346. The molecule has 8 nitrogen and oxygen atoms in total. The van der Waals surface area contributed by atoms with Crippen molar-refractivity contribution in [1.29, 1.82) is 0 Å². The summed E-state index contributed by atoms with van der Waals surface area (Å²) >= 11 is 0. The molecule has 0 radical (unpaired) electrons. The summed E-state index contributed by atoms with van der Waals surface area (Å²) in [6, 6.07) is 9.10. The Bertz CT molecular complexity index is 1220. The standard InChI is InChI=1S/C26H28FN5O3/c27-22-12-24-17(11-21(22)19-13-28-29-14-19)8-9-32(24)26(35)31-23(15-33)16-4-3-5-18(10-16)25(34)30-20-6-1-2-7-20/h3-5,10-14,20,23,33H,1-2,6-9,15H2,(H,28,29)(H,30,34)(H,31,35). The van der Waals surface area contributed by atoms with E-state index in [1.807, 2.05) is 0 Å². The number of fused-ring (bicyclic) bond motifs is 1. The summed E-state index contributed by atoms with van der Waals surface area (Å²) in [5.74, 6) is -0.594. The maximum absolute atomic E-state index is 14.8. The maximum Gasteiger partial charge on any atom is 0.322 e. The van der Waals surface area contributed by atoms with Crippen molar-refractivity contribution in [3.8, 4) is 11.1 Å². The van der Waals surface area contributed by atoms with Crippen molar-refractivity contribution in [3.63, 3.8) is 0 Å². The van der Waals surface area contributed by atoms with Gasteiger partial charge in [0.15, 0.2) is 0 Å². The highest BCUT2D eigenvalue weighted by Crippen LogP contribution is 2.34. The summed E-state index contributed by atoms with van der Waals surface area (Å²) in [6.45, 7) is 0.0609. The van der Waals surface area contributed by atoms with Gasteiger partial charge in [-0.05, 0) is 54.7 Å². The molecule has 1 saturated carbocycles. The molecule has 2 aliphatic rings. The number of carbonyl (C=O) groups excluding carboxylic acids is 2. The zero-order valence-corrected chi connectivity index (χ0v) is 19.3. The molecule has 0 saturated heterocycles. The molecular formula is C26H28FN5O3. The number of carbonyl (C=O) groups is 2. The number of rotatable bonds is 6. The molecular weight excluding hydrogens is 449 g/mol. The van der Waals surface area contributed by atoms with Crippen molar-refractivity contribution in [1.82, 2.24) is 20.8 Å². The molecule has 1 aliphatic heterocycles. The minimum absolute atomic E-state index is 0.154. The van der Waals surface area contributed by atoms with Gasteiger partial charge in [0.2, 0.25) is 0 Å². The Morgan fingerprint density at radius 2 is 2.06 bits per heavy atom. The van der Waals surface area contributed by atoms with E-state index in [1.54, 1.807) is 42.7 Å². The fourth-order valence-corrected chi connectivity index (χ4v) is 4.94. The van der Waals surface area contributed by atoms with Crippen molar-refractivity contribution in [3.05, 3.63) is 71.3 Å². The molecule has 9 heteroatoms. The van der Waals surface area contributed by atoms with Crippen molar-refractivity contribution >= 4 is 17.6 Å². The van der Waals surface area contributed by atoms with Crippen molar-refractivity contribution in [2.75, 3.05) is 18.1 Å². The van der Waals surface area contributed by atoms with Gasteiger partial charge < -0.3 is 15.7 Å². The number of aromatic amines is 1. The second kappa shape index (κ2) is 9.87. The van der Waals surface area contributed by atoms with Gasteiger partial charge in [-0.25, -0.2) is 9.18 Å². The van der Waals surface area contributed by atoms with Crippen LogP contribution in [-0.2, 0) is 6.42 Å². The highest BCUT2D eigenvalue weighted by Gasteiger charge is 2.29. The van der Waals surface area contributed by atoms with Crippen LogP contribution in [0.5, 0.6) is 0 Å². The fourth-order valence-electron chi connectivity index (χ4n) is 4.94.